The average Bonchev–Trinajstić information content (AvgIpc) is 2.20. The molecule has 0 aromatic heterocycles. The second-order valence-corrected chi connectivity index (χ2v) is 4.25. The summed E-state index contributed by atoms with van der Waals surface area (Å²) in [4.78, 5) is 3.61. The zero-order valence-corrected chi connectivity index (χ0v) is 9.60. The van der Waals surface area contributed by atoms with Crippen LogP contribution >= 0.6 is 15.9 Å². The second-order valence-electron chi connectivity index (χ2n) is 3.39. The van der Waals surface area contributed by atoms with Gasteiger partial charge in [0.05, 0.1) is 16.5 Å². The van der Waals surface area contributed by atoms with E-state index in [2.05, 4.69) is 20.9 Å². The molecule has 0 bridgehead atoms. The molecular formula is C9H5BrF4N2O. The molecule has 1 atom stereocenters. The van der Waals surface area contributed by atoms with Gasteiger partial charge in [0.2, 0.25) is 0 Å². The number of aliphatic hydroxyl groups is 1. The lowest BCUT2D eigenvalue weighted by Crippen LogP contribution is -2.54. The van der Waals surface area contributed by atoms with Gasteiger partial charge in [-0.15, -0.1) is 0 Å². The van der Waals surface area contributed by atoms with Crippen molar-refractivity contribution < 1.29 is 22.7 Å². The van der Waals surface area contributed by atoms with E-state index in [1.807, 2.05) is 0 Å². The van der Waals surface area contributed by atoms with Crippen molar-refractivity contribution in [3.8, 4) is 0 Å². The maximum absolute atomic E-state index is 13.2. The predicted molar refractivity (Wildman–Crippen MR) is 55.3 cm³/mol. The molecule has 1 aliphatic heterocycles. The summed E-state index contributed by atoms with van der Waals surface area (Å²) in [5.74, 6) is -0.912. The molecule has 1 aromatic rings. The van der Waals surface area contributed by atoms with Crippen molar-refractivity contribution in [3.05, 3.63) is 28.0 Å². The molecule has 3 nitrogen and oxygen atoms in total. The number of nitrogens with zero attached hydrogens (tertiary/aromatic N) is 1. The van der Waals surface area contributed by atoms with Crippen LogP contribution in [0.5, 0.6) is 0 Å². The minimum atomic E-state index is -4.99. The third kappa shape index (κ3) is 1.81. The monoisotopic (exact) mass is 312 g/mol. The molecule has 0 spiro atoms. The molecular weight excluding hydrogens is 308 g/mol. The standard InChI is InChI=1S/C9H5BrF4N2O/c10-5-2-7-4(1-6(5)11)8(17,9(12,13)14)16-3-15-7/h1-3,17H,(H,15,16). The number of alkyl halides is 3. The Labute approximate surface area is 101 Å². The topological polar surface area (TPSA) is 44.6 Å². The number of benzene rings is 1. The van der Waals surface area contributed by atoms with Crippen LogP contribution in [-0.2, 0) is 5.72 Å². The first-order valence-corrected chi connectivity index (χ1v) is 5.14. The Morgan fingerprint density at radius 2 is 2.00 bits per heavy atom. The zero-order valence-electron chi connectivity index (χ0n) is 8.02. The van der Waals surface area contributed by atoms with Gasteiger partial charge >= 0.3 is 6.18 Å². The van der Waals surface area contributed by atoms with Gasteiger partial charge in [0.15, 0.2) is 0 Å². The molecule has 92 valence electrons. The Hall–Kier alpha value is -1.15. The minimum Gasteiger partial charge on any atom is -0.360 e. The summed E-state index contributed by atoms with van der Waals surface area (Å²) in [5.41, 5.74) is -4.16. The molecule has 17 heavy (non-hydrogen) atoms. The van der Waals surface area contributed by atoms with E-state index in [4.69, 9.17) is 0 Å². The maximum Gasteiger partial charge on any atom is 0.441 e. The number of nitrogens with one attached hydrogen (secondary N) is 1. The number of halogens is 5. The fourth-order valence-electron chi connectivity index (χ4n) is 1.44. The highest BCUT2D eigenvalue weighted by molar-refractivity contribution is 9.10. The molecule has 2 N–H and O–H groups in total. The average molecular weight is 313 g/mol. The first-order valence-electron chi connectivity index (χ1n) is 4.34. The molecule has 0 radical (unpaired) electrons. The van der Waals surface area contributed by atoms with Crippen LogP contribution in [0.2, 0.25) is 0 Å². The second kappa shape index (κ2) is 3.67. The number of rotatable bonds is 0. The first-order chi connectivity index (χ1) is 7.75. The summed E-state index contributed by atoms with van der Waals surface area (Å²) in [5, 5.41) is 11.3. The van der Waals surface area contributed by atoms with Crippen LogP contribution in [0.1, 0.15) is 5.56 Å². The van der Waals surface area contributed by atoms with Crippen molar-refractivity contribution in [2.75, 3.05) is 0 Å². The highest BCUT2D eigenvalue weighted by Gasteiger charge is 2.57. The predicted octanol–water partition coefficient (Wildman–Crippen LogP) is 2.56. The van der Waals surface area contributed by atoms with Gasteiger partial charge in [0.25, 0.3) is 5.72 Å². The van der Waals surface area contributed by atoms with Crippen molar-refractivity contribution in [1.82, 2.24) is 5.32 Å². The molecule has 0 saturated carbocycles. The van der Waals surface area contributed by atoms with Crippen LogP contribution in [0.3, 0.4) is 0 Å². The summed E-state index contributed by atoms with van der Waals surface area (Å²) in [6, 6.07) is 1.66. The fraction of sp³-hybridized carbons (Fsp3) is 0.222. The van der Waals surface area contributed by atoms with Crippen LogP contribution in [-0.4, -0.2) is 17.6 Å². The van der Waals surface area contributed by atoms with Crippen molar-refractivity contribution >= 4 is 28.0 Å². The molecule has 1 aliphatic rings. The molecule has 1 aromatic carbocycles. The lowest BCUT2D eigenvalue weighted by molar-refractivity contribution is -0.273. The number of aliphatic imine (C=N–C) groups is 1. The van der Waals surface area contributed by atoms with Crippen LogP contribution < -0.4 is 5.32 Å². The molecule has 0 saturated heterocycles. The van der Waals surface area contributed by atoms with Crippen LogP contribution in [0.25, 0.3) is 0 Å². The SMILES string of the molecule is OC1(C(F)(F)F)NC=Nc2cc(Br)c(F)cc21. The van der Waals surface area contributed by atoms with Gasteiger partial charge in [-0.3, -0.25) is 0 Å². The summed E-state index contributed by atoms with van der Waals surface area (Å²) < 4.78 is 51.4. The van der Waals surface area contributed by atoms with Crippen LogP contribution in [0, 0.1) is 5.82 Å². The highest BCUT2D eigenvalue weighted by Crippen LogP contribution is 2.43. The van der Waals surface area contributed by atoms with Crippen molar-refractivity contribution in [1.29, 1.82) is 0 Å². The van der Waals surface area contributed by atoms with Crippen molar-refractivity contribution in [3.63, 3.8) is 0 Å². The summed E-state index contributed by atoms with van der Waals surface area (Å²) in [6.45, 7) is 0. The van der Waals surface area contributed by atoms with Crippen LogP contribution in [0.4, 0.5) is 23.2 Å². The van der Waals surface area contributed by atoms with Gasteiger partial charge in [0.1, 0.15) is 5.82 Å². The minimum absolute atomic E-state index is 0.0279. The summed E-state index contributed by atoms with van der Waals surface area (Å²) in [7, 11) is 0. The van der Waals surface area contributed by atoms with Gasteiger partial charge in [-0.2, -0.15) is 13.2 Å². The molecule has 1 heterocycles. The summed E-state index contributed by atoms with van der Waals surface area (Å²) >= 11 is 2.83. The summed E-state index contributed by atoms with van der Waals surface area (Å²) in [6.07, 6.45) is -4.27. The van der Waals surface area contributed by atoms with Gasteiger partial charge in [0, 0.05) is 5.56 Å². The van der Waals surface area contributed by atoms with E-state index in [-0.39, 0.29) is 10.2 Å². The van der Waals surface area contributed by atoms with Gasteiger partial charge in [-0.05, 0) is 28.1 Å². The first kappa shape index (κ1) is 12.3. The molecule has 0 fully saturated rings. The normalized spacial score (nSPS) is 23.2. The number of fused-ring (bicyclic) bond motifs is 1. The molecule has 0 amide bonds. The van der Waals surface area contributed by atoms with Crippen molar-refractivity contribution in [2.45, 2.75) is 11.9 Å². The Balaban J connectivity index is 2.67. The number of hydrogen-bond donors (Lipinski definition) is 2. The van der Waals surface area contributed by atoms with Gasteiger partial charge in [-0.25, -0.2) is 9.38 Å². The third-order valence-electron chi connectivity index (χ3n) is 2.32. The Bertz CT molecular complexity index is 503. The van der Waals surface area contributed by atoms with E-state index < -0.39 is 23.3 Å². The molecule has 1 unspecified atom stereocenters. The Morgan fingerprint density at radius 3 is 2.59 bits per heavy atom. The smallest absolute Gasteiger partial charge is 0.360 e. The van der Waals surface area contributed by atoms with E-state index in [0.29, 0.717) is 6.07 Å². The number of hydrogen-bond acceptors (Lipinski definition) is 3. The highest BCUT2D eigenvalue weighted by atomic mass is 79.9. The molecule has 0 aliphatic carbocycles. The van der Waals surface area contributed by atoms with E-state index >= 15 is 0 Å². The lowest BCUT2D eigenvalue weighted by Gasteiger charge is -2.33. The zero-order chi connectivity index (χ0) is 12.8. The Morgan fingerprint density at radius 1 is 1.35 bits per heavy atom. The quantitative estimate of drug-likeness (QED) is 0.723. The van der Waals surface area contributed by atoms with E-state index in [0.717, 1.165) is 12.4 Å². The molecule has 8 heteroatoms. The molecule has 2 rings (SSSR count). The lowest BCUT2D eigenvalue weighted by atomic mass is 9.99. The van der Waals surface area contributed by atoms with E-state index in [1.54, 1.807) is 5.32 Å². The largest absolute Gasteiger partial charge is 0.441 e. The van der Waals surface area contributed by atoms with E-state index in [1.165, 1.54) is 0 Å². The third-order valence-corrected chi connectivity index (χ3v) is 2.92. The van der Waals surface area contributed by atoms with E-state index in [9.17, 15) is 22.7 Å². The van der Waals surface area contributed by atoms with Crippen LogP contribution in [0.15, 0.2) is 21.6 Å². The maximum atomic E-state index is 13.2. The fourth-order valence-corrected chi connectivity index (χ4v) is 1.77. The van der Waals surface area contributed by atoms with Gasteiger partial charge in [-0.1, -0.05) is 0 Å². The van der Waals surface area contributed by atoms with Crippen molar-refractivity contribution in [2.24, 2.45) is 4.99 Å². The van der Waals surface area contributed by atoms with Gasteiger partial charge < -0.3 is 10.4 Å². The Kier molecular flexibility index (Phi) is 2.66.